The van der Waals surface area contributed by atoms with E-state index in [1.54, 1.807) is 0 Å². The molecule has 3 N–H and O–H groups in total. The minimum atomic E-state index is -5.00. The molecular formula is C85H136O17P2. The van der Waals surface area contributed by atoms with Crippen molar-refractivity contribution < 1.29 is 80.2 Å². The summed E-state index contributed by atoms with van der Waals surface area (Å²) in [7, 11) is -10.0. The van der Waals surface area contributed by atoms with E-state index in [9.17, 15) is 43.2 Å². The molecule has 5 atom stereocenters. The highest BCUT2D eigenvalue weighted by Gasteiger charge is 2.30. The predicted molar refractivity (Wildman–Crippen MR) is 426 cm³/mol. The van der Waals surface area contributed by atoms with E-state index < -0.39 is 97.5 Å². The van der Waals surface area contributed by atoms with Gasteiger partial charge in [0.05, 0.1) is 26.4 Å². The van der Waals surface area contributed by atoms with E-state index in [0.29, 0.717) is 25.7 Å². The van der Waals surface area contributed by atoms with Gasteiger partial charge in [0.25, 0.3) is 0 Å². The first-order valence-electron chi connectivity index (χ1n) is 39.0. The van der Waals surface area contributed by atoms with Gasteiger partial charge in [0, 0.05) is 25.7 Å². The second-order valence-corrected chi connectivity index (χ2v) is 28.0. The smallest absolute Gasteiger partial charge is 0.462 e. The molecule has 5 unspecified atom stereocenters. The number of aliphatic hydroxyl groups excluding tert-OH is 1. The molecule has 588 valence electrons. The van der Waals surface area contributed by atoms with Gasteiger partial charge in [0.2, 0.25) is 0 Å². The van der Waals surface area contributed by atoms with Crippen LogP contribution in [-0.4, -0.2) is 96.7 Å². The fourth-order valence-electron chi connectivity index (χ4n) is 9.56. The summed E-state index contributed by atoms with van der Waals surface area (Å²) in [5.74, 6) is -2.32. The minimum Gasteiger partial charge on any atom is -0.462 e. The average molecular weight is 1490 g/mol. The molecular weight excluding hydrogens is 1350 g/mol. The monoisotopic (exact) mass is 1490 g/mol. The third-order valence-electron chi connectivity index (χ3n) is 15.4. The Balaban J connectivity index is 5.47. The van der Waals surface area contributed by atoms with Gasteiger partial charge in [0.1, 0.15) is 19.3 Å². The molecule has 0 aliphatic rings. The molecule has 19 heteroatoms. The summed E-state index contributed by atoms with van der Waals surface area (Å²) in [6, 6.07) is 0. The van der Waals surface area contributed by atoms with Gasteiger partial charge >= 0.3 is 39.5 Å². The number of ether oxygens (including phenoxy) is 4. The van der Waals surface area contributed by atoms with E-state index in [2.05, 4.69) is 210 Å². The van der Waals surface area contributed by atoms with Gasteiger partial charge in [0.15, 0.2) is 12.2 Å². The fraction of sp³-hybridized carbons (Fsp3) is 0.600. The molecule has 0 amide bonds. The molecule has 0 aliphatic carbocycles. The van der Waals surface area contributed by atoms with Crippen molar-refractivity contribution in [3.05, 3.63) is 182 Å². The summed E-state index contributed by atoms with van der Waals surface area (Å²) in [6.45, 7) is 4.27. The molecule has 17 nitrogen and oxygen atoms in total. The standard InChI is InChI=1S/C85H136O17P2/c1-5-9-13-17-21-25-29-33-37-38-39-40-44-46-50-54-58-62-66-70-83(88)96-76-81(102-85(90)72-68-64-60-56-52-48-43-36-32-28-24-20-16-12-8-4)78-100-104(93,94)98-74-79(86)73-97-103(91,92)99-77-80(101-84(89)71-67-63-59-55-51-47-42-35-31-27-23-19-15-11-7-3)75-95-82(87)69-65-61-57-53-49-45-41-34-30-26-22-18-14-10-6-2/h9-16,21-28,33-37,39-43,46,49-50,53,79-81,86H,5-8,17-20,29-32,38,44-45,47-48,51-52,54-78H2,1-4H3,(H,91,92)(H,93,94)/b13-9-,14-10-,15-11-,16-12-,25-21-,26-22-,27-23-,28-24-,37-33-,40-39-,41-34-,42-35-,43-36-,50-46-,53-49-. The van der Waals surface area contributed by atoms with E-state index in [1.165, 1.54) is 0 Å². The van der Waals surface area contributed by atoms with Crippen LogP contribution in [0.3, 0.4) is 0 Å². The van der Waals surface area contributed by atoms with E-state index in [0.717, 1.165) is 193 Å². The summed E-state index contributed by atoms with van der Waals surface area (Å²) in [5.41, 5.74) is 0. The molecule has 0 aliphatic heterocycles. The first-order chi connectivity index (χ1) is 50.7. The van der Waals surface area contributed by atoms with Crippen LogP contribution in [-0.2, 0) is 65.4 Å². The van der Waals surface area contributed by atoms with Crippen molar-refractivity contribution in [2.45, 2.75) is 290 Å². The minimum absolute atomic E-state index is 0.0585. The van der Waals surface area contributed by atoms with Gasteiger partial charge in [-0.2, -0.15) is 0 Å². The van der Waals surface area contributed by atoms with Crippen LogP contribution in [0.25, 0.3) is 0 Å². The lowest BCUT2D eigenvalue weighted by Crippen LogP contribution is -2.30. The number of hydrogen-bond donors (Lipinski definition) is 3. The molecule has 0 rings (SSSR count). The van der Waals surface area contributed by atoms with Crippen molar-refractivity contribution in [2.75, 3.05) is 39.6 Å². The van der Waals surface area contributed by atoms with Crippen molar-refractivity contribution in [2.24, 2.45) is 0 Å². The molecule has 104 heavy (non-hydrogen) atoms. The number of unbranched alkanes of at least 4 members (excludes halogenated alkanes) is 15. The lowest BCUT2D eigenvalue weighted by Gasteiger charge is -2.21. The summed E-state index contributed by atoms with van der Waals surface area (Å²) >= 11 is 0. The Morgan fingerprint density at radius 3 is 0.750 bits per heavy atom. The number of allylic oxidation sites excluding steroid dienone is 30. The van der Waals surface area contributed by atoms with Gasteiger partial charge in [-0.1, -0.05) is 255 Å². The van der Waals surface area contributed by atoms with Gasteiger partial charge in [-0.25, -0.2) is 9.13 Å². The topological polar surface area (TPSA) is 237 Å². The van der Waals surface area contributed by atoms with Crippen LogP contribution in [0.4, 0.5) is 0 Å². The molecule has 0 saturated heterocycles. The Morgan fingerprint density at radius 1 is 0.269 bits per heavy atom. The third kappa shape index (κ3) is 74.4. The zero-order valence-corrected chi connectivity index (χ0v) is 65.9. The molecule has 0 saturated carbocycles. The van der Waals surface area contributed by atoms with Crippen LogP contribution in [0.2, 0.25) is 0 Å². The second kappa shape index (κ2) is 75.4. The molecule has 0 heterocycles. The highest BCUT2D eigenvalue weighted by atomic mass is 31.2. The van der Waals surface area contributed by atoms with E-state index in [1.807, 2.05) is 0 Å². The van der Waals surface area contributed by atoms with Crippen molar-refractivity contribution in [1.29, 1.82) is 0 Å². The summed E-state index contributed by atoms with van der Waals surface area (Å²) in [5, 5.41) is 10.6. The van der Waals surface area contributed by atoms with Crippen molar-refractivity contribution in [3.8, 4) is 0 Å². The third-order valence-corrected chi connectivity index (χ3v) is 17.3. The summed E-state index contributed by atoms with van der Waals surface area (Å²) in [4.78, 5) is 73.0. The molecule has 0 bridgehead atoms. The van der Waals surface area contributed by atoms with Gasteiger partial charge in [-0.3, -0.25) is 37.3 Å². The Morgan fingerprint density at radius 2 is 0.471 bits per heavy atom. The van der Waals surface area contributed by atoms with Crippen LogP contribution in [0, 0.1) is 0 Å². The lowest BCUT2D eigenvalue weighted by molar-refractivity contribution is -0.161. The van der Waals surface area contributed by atoms with E-state index in [-0.39, 0.29) is 25.7 Å². The maximum absolute atomic E-state index is 13.1. The van der Waals surface area contributed by atoms with E-state index in [4.69, 9.17) is 37.0 Å². The molecule has 0 radical (unpaired) electrons. The Hall–Kier alpha value is -5.84. The number of phosphoric ester groups is 2. The molecule has 0 aromatic rings. The van der Waals surface area contributed by atoms with Crippen LogP contribution >= 0.6 is 15.6 Å². The van der Waals surface area contributed by atoms with E-state index >= 15 is 0 Å². The Bertz CT molecular complexity index is 2690. The van der Waals surface area contributed by atoms with Crippen molar-refractivity contribution >= 4 is 39.5 Å². The normalized spacial score (nSPS) is 14.9. The number of carbonyl (C=O) groups excluding carboxylic acids is 4. The largest absolute Gasteiger partial charge is 0.472 e. The first-order valence-corrected chi connectivity index (χ1v) is 42.0. The van der Waals surface area contributed by atoms with Gasteiger partial charge in [-0.05, 0) is 173 Å². The quantitative estimate of drug-likeness (QED) is 0.0169. The molecule has 0 aromatic heterocycles. The maximum Gasteiger partial charge on any atom is 0.472 e. The SMILES string of the molecule is CC/C=C\C/C=C\C/C=C\C/C=C\C/C=C\CCCCCC(=O)OCC(COP(=O)(O)OCC(O)COP(=O)(O)OCC(COC(=O)CCCC/C=C\C/C=C\C/C=C\C/C=C\CC)OC(=O)CCCCCCC/C=C\C/C=C\C/C=C\CC)OC(=O)CCCCCCC/C=C\C/C=C\C/C=C\CC. The number of esters is 4. The van der Waals surface area contributed by atoms with Crippen LogP contribution in [0.5, 0.6) is 0 Å². The Kier molecular flexibility index (Phi) is 71.2. The number of phosphoric acid groups is 2. The van der Waals surface area contributed by atoms with Crippen LogP contribution in [0.1, 0.15) is 272 Å². The number of aliphatic hydroxyl groups is 1. The maximum atomic E-state index is 13.1. The Labute approximate surface area is 628 Å². The number of carbonyl (C=O) groups is 4. The van der Waals surface area contributed by atoms with Crippen LogP contribution < -0.4 is 0 Å². The first kappa shape index (κ1) is 98.2. The number of rotatable bonds is 71. The lowest BCUT2D eigenvalue weighted by atomic mass is 10.1. The van der Waals surface area contributed by atoms with Crippen molar-refractivity contribution in [1.82, 2.24) is 0 Å². The highest BCUT2D eigenvalue weighted by Crippen LogP contribution is 2.45. The zero-order valence-electron chi connectivity index (χ0n) is 64.1. The number of hydrogen-bond acceptors (Lipinski definition) is 15. The van der Waals surface area contributed by atoms with Gasteiger partial charge in [-0.15, -0.1) is 0 Å². The summed E-state index contributed by atoms with van der Waals surface area (Å²) < 4.78 is 68.5. The molecule has 0 aromatic carbocycles. The predicted octanol–water partition coefficient (Wildman–Crippen LogP) is 22.8. The second-order valence-electron chi connectivity index (χ2n) is 25.1. The molecule has 0 spiro atoms. The fourth-order valence-corrected chi connectivity index (χ4v) is 11.1. The van der Waals surface area contributed by atoms with Gasteiger partial charge < -0.3 is 33.8 Å². The highest BCUT2D eigenvalue weighted by molar-refractivity contribution is 7.47. The molecule has 0 fully saturated rings. The zero-order chi connectivity index (χ0) is 76.0. The van der Waals surface area contributed by atoms with Crippen LogP contribution in [0.15, 0.2) is 182 Å². The summed E-state index contributed by atoms with van der Waals surface area (Å²) in [6.07, 6.45) is 90.2. The van der Waals surface area contributed by atoms with Crippen molar-refractivity contribution in [3.63, 3.8) is 0 Å². The average Bonchev–Trinajstić information content (AvgIpc) is 0.918.